The molecule has 38 heavy (non-hydrogen) atoms. The van der Waals surface area contributed by atoms with Crippen molar-refractivity contribution in [2.45, 2.75) is 56.9 Å². The minimum Gasteiger partial charge on any atom is -0.355 e. The van der Waals surface area contributed by atoms with Crippen molar-refractivity contribution in [1.29, 1.82) is 0 Å². The van der Waals surface area contributed by atoms with Crippen LogP contribution in [-0.4, -0.2) is 63.7 Å². The number of carbonyl (C=O) groups excluding carboxylic acids is 2. The molecule has 0 bridgehead atoms. The molecule has 1 atom stereocenters. The molecule has 0 spiro atoms. The molecule has 0 aliphatic carbocycles. The van der Waals surface area contributed by atoms with Crippen molar-refractivity contribution >= 4 is 11.8 Å². The summed E-state index contributed by atoms with van der Waals surface area (Å²) in [5, 5.41) is 12.8. The van der Waals surface area contributed by atoms with E-state index in [2.05, 4.69) is 21.3 Å². The molecule has 0 fully saturated rings. The molecule has 8 nitrogen and oxygen atoms in total. The summed E-state index contributed by atoms with van der Waals surface area (Å²) >= 11 is 0. The lowest BCUT2D eigenvalue weighted by molar-refractivity contribution is -0.123. The van der Waals surface area contributed by atoms with Crippen LogP contribution in [-0.2, 0) is 9.59 Å². The topological polar surface area (TPSA) is 134 Å². The summed E-state index contributed by atoms with van der Waals surface area (Å²) < 4.78 is 0. The zero-order chi connectivity index (χ0) is 27.3. The Labute approximate surface area is 228 Å². The number of hydrogen-bond donors (Lipinski definition) is 6. The molecule has 0 radical (unpaired) electrons. The highest BCUT2D eigenvalue weighted by molar-refractivity contribution is 5.87. The molecule has 0 aliphatic heterocycles. The van der Waals surface area contributed by atoms with Gasteiger partial charge in [-0.1, -0.05) is 60.7 Å². The summed E-state index contributed by atoms with van der Waals surface area (Å²) in [6.45, 7) is 5.80. The zero-order valence-corrected chi connectivity index (χ0v) is 22.8. The fraction of sp³-hybridized carbons (Fsp3) is 0.533. The minimum absolute atomic E-state index is 0.0165. The van der Waals surface area contributed by atoms with Gasteiger partial charge in [0, 0.05) is 13.1 Å². The molecular formula is C30H48N6O2. The summed E-state index contributed by atoms with van der Waals surface area (Å²) in [5.74, 6) is -0.466. The van der Waals surface area contributed by atoms with Crippen LogP contribution in [0.1, 0.15) is 62.0 Å². The first kappa shape index (κ1) is 31.4. The largest absolute Gasteiger partial charge is 0.355 e. The van der Waals surface area contributed by atoms with E-state index in [1.165, 1.54) is 0 Å². The minimum atomic E-state index is -0.521. The fourth-order valence-corrected chi connectivity index (χ4v) is 4.25. The van der Waals surface area contributed by atoms with Gasteiger partial charge in [-0.15, -0.1) is 0 Å². The number of unbranched alkanes of at least 4 members (excludes halogenated alkanes) is 2. The van der Waals surface area contributed by atoms with Crippen molar-refractivity contribution in [1.82, 2.24) is 21.3 Å². The number of hydrogen-bond acceptors (Lipinski definition) is 6. The van der Waals surface area contributed by atoms with Crippen LogP contribution in [0.4, 0.5) is 0 Å². The summed E-state index contributed by atoms with van der Waals surface area (Å²) in [6.07, 6.45) is 6.33. The second kappa shape index (κ2) is 20.2. The SMILES string of the molecule is NCCCNCCCCNCCCNC(=O)C(N)CCCCNC(=O)C(c1ccccc1)c1ccccc1. The van der Waals surface area contributed by atoms with E-state index in [4.69, 9.17) is 11.5 Å². The first-order chi connectivity index (χ1) is 18.6. The van der Waals surface area contributed by atoms with E-state index < -0.39 is 6.04 Å². The number of carbonyl (C=O) groups is 2. The molecule has 2 rings (SSSR count). The lowest BCUT2D eigenvalue weighted by Gasteiger charge is -2.18. The number of rotatable bonds is 21. The van der Waals surface area contributed by atoms with Crippen LogP contribution < -0.4 is 32.7 Å². The molecule has 2 aromatic carbocycles. The maximum absolute atomic E-state index is 13.0. The first-order valence-electron chi connectivity index (χ1n) is 14.2. The second-order valence-corrected chi connectivity index (χ2v) is 9.64. The Kier molecular flexibility index (Phi) is 16.7. The van der Waals surface area contributed by atoms with Crippen molar-refractivity contribution in [3.63, 3.8) is 0 Å². The van der Waals surface area contributed by atoms with Crippen molar-refractivity contribution in [3.8, 4) is 0 Å². The lowest BCUT2D eigenvalue weighted by atomic mass is 9.90. The smallest absolute Gasteiger partial charge is 0.236 e. The Morgan fingerprint density at radius 1 is 0.605 bits per heavy atom. The molecule has 8 N–H and O–H groups in total. The number of amides is 2. The van der Waals surface area contributed by atoms with E-state index in [0.29, 0.717) is 19.5 Å². The van der Waals surface area contributed by atoms with E-state index in [0.717, 1.165) is 82.4 Å². The molecule has 0 aliphatic rings. The van der Waals surface area contributed by atoms with Crippen molar-refractivity contribution in [2.24, 2.45) is 11.5 Å². The molecule has 0 saturated heterocycles. The van der Waals surface area contributed by atoms with Crippen LogP contribution >= 0.6 is 0 Å². The van der Waals surface area contributed by atoms with E-state index in [9.17, 15) is 9.59 Å². The standard InChI is InChI=1S/C30H48N6O2/c31-18-11-21-33-19-9-10-20-34-22-12-24-35-29(37)27(32)17-7-8-23-36-30(38)28(25-13-3-1-4-14-25)26-15-5-2-6-16-26/h1-6,13-16,27-28,33-34H,7-12,17-24,31-32H2,(H,35,37)(H,36,38). The van der Waals surface area contributed by atoms with Crippen LogP contribution in [0.5, 0.6) is 0 Å². The average Bonchev–Trinajstić information content (AvgIpc) is 2.94. The van der Waals surface area contributed by atoms with Gasteiger partial charge in [0.05, 0.1) is 12.0 Å². The predicted octanol–water partition coefficient (Wildman–Crippen LogP) is 2.25. The average molecular weight is 525 g/mol. The fourth-order valence-electron chi connectivity index (χ4n) is 4.25. The van der Waals surface area contributed by atoms with Gasteiger partial charge in [-0.05, 0) is 88.8 Å². The van der Waals surface area contributed by atoms with Crippen LogP contribution in [0.3, 0.4) is 0 Å². The van der Waals surface area contributed by atoms with Gasteiger partial charge in [-0.3, -0.25) is 9.59 Å². The molecule has 0 saturated carbocycles. The lowest BCUT2D eigenvalue weighted by Crippen LogP contribution is -2.41. The molecule has 210 valence electrons. The van der Waals surface area contributed by atoms with Gasteiger partial charge >= 0.3 is 0 Å². The van der Waals surface area contributed by atoms with Crippen LogP contribution in [0, 0.1) is 0 Å². The van der Waals surface area contributed by atoms with Gasteiger partial charge in [0.2, 0.25) is 11.8 Å². The number of nitrogens with one attached hydrogen (secondary N) is 4. The Balaban J connectivity index is 1.53. The molecule has 0 aromatic heterocycles. The van der Waals surface area contributed by atoms with Gasteiger partial charge in [0.15, 0.2) is 0 Å². The van der Waals surface area contributed by atoms with Gasteiger partial charge in [0.1, 0.15) is 0 Å². The molecule has 8 heteroatoms. The zero-order valence-electron chi connectivity index (χ0n) is 22.8. The maximum atomic E-state index is 13.0. The normalized spacial score (nSPS) is 11.9. The van der Waals surface area contributed by atoms with Gasteiger partial charge in [-0.2, -0.15) is 0 Å². The van der Waals surface area contributed by atoms with Crippen LogP contribution in [0.15, 0.2) is 60.7 Å². The number of nitrogens with two attached hydrogens (primary N) is 2. The molecular weight excluding hydrogens is 476 g/mol. The molecule has 0 heterocycles. The van der Waals surface area contributed by atoms with Crippen molar-refractivity contribution < 1.29 is 9.59 Å². The molecule has 2 aromatic rings. The monoisotopic (exact) mass is 524 g/mol. The molecule has 1 unspecified atom stereocenters. The van der Waals surface area contributed by atoms with E-state index in [-0.39, 0.29) is 17.7 Å². The van der Waals surface area contributed by atoms with Gasteiger partial charge in [-0.25, -0.2) is 0 Å². The third kappa shape index (κ3) is 13.1. The highest BCUT2D eigenvalue weighted by atomic mass is 16.2. The van der Waals surface area contributed by atoms with Gasteiger partial charge < -0.3 is 32.7 Å². The summed E-state index contributed by atoms with van der Waals surface area (Å²) in [6, 6.07) is 19.1. The third-order valence-corrected chi connectivity index (χ3v) is 6.45. The highest BCUT2D eigenvalue weighted by Crippen LogP contribution is 2.24. The summed E-state index contributed by atoms with van der Waals surface area (Å²) in [7, 11) is 0. The first-order valence-corrected chi connectivity index (χ1v) is 14.2. The van der Waals surface area contributed by atoms with E-state index in [1.807, 2.05) is 60.7 Å². The van der Waals surface area contributed by atoms with Crippen LogP contribution in [0.25, 0.3) is 0 Å². The van der Waals surface area contributed by atoms with E-state index in [1.54, 1.807) is 0 Å². The predicted molar refractivity (Wildman–Crippen MR) is 156 cm³/mol. The quantitative estimate of drug-likeness (QED) is 0.139. The Morgan fingerprint density at radius 3 is 1.66 bits per heavy atom. The maximum Gasteiger partial charge on any atom is 0.236 e. The van der Waals surface area contributed by atoms with E-state index >= 15 is 0 Å². The van der Waals surface area contributed by atoms with Crippen molar-refractivity contribution in [2.75, 3.05) is 45.8 Å². The summed E-state index contributed by atoms with van der Waals surface area (Å²) in [5.41, 5.74) is 13.5. The second-order valence-electron chi connectivity index (χ2n) is 9.64. The van der Waals surface area contributed by atoms with Gasteiger partial charge in [0.25, 0.3) is 0 Å². The Morgan fingerprint density at radius 2 is 1.08 bits per heavy atom. The van der Waals surface area contributed by atoms with Crippen molar-refractivity contribution in [3.05, 3.63) is 71.8 Å². The third-order valence-electron chi connectivity index (χ3n) is 6.45. The Bertz CT molecular complexity index is 841. The highest BCUT2D eigenvalue weighted by Gasteiger charge is 2.22. The number of benzene rings is 2. The van der Waals surface area contributed by atoms with Crippen LogP contribution in [0.2, 0.25) is 0 Å². The summed E-state index contributed by atoms with van der Waals surface area (Å²) in [4.78, 5) is 25.3. The Hall–Kier alpha value is -2.78. The molecule has 2 amide bonds.